The minimum Gasteiger partial charge on any atom is -0.351 e. The first-order valence-electron chi connectivity index (χ1n) is 11.6. The van der Waals surface area contributed by atoms with Gasteiger partial charge in [-0.15, -0.1) is 11.3 Å². The van der Waals surface area contributed by atoms with Gasteiger partial charge in [-0.05, 0) is 87.1 Å². The molecule has 6 heteroatoms. The van der Waals surface area contributed by atoms with E-state index in [9.17, 15) is 9.59 Å². The van der Waals surface area contributed by atoms with Crippen molar-refractivity contribution in [3.63, 3.8) is 0 Å². The standard InChI is InChI=1S/C26H31N3O2S/c1-16-6-9-19(10-7-16)27-25(31)26(4)15-28-20-11-12-32-23(20)14-22(28)24(30)29(26)21-13-17(2)5-8-18(21)3/h5,8,11-14,16,19H,6-7,9-10,15H2,1-4H3,(H,27,31). The molecule has 2 amide bonds. The van der Waals surface area contributed by atoms with Crippen LogP contribution in [-0.4, -0.2) is 28.0 Å². The van der Waals surface area contributed by atoms with E-state index >= 15 is 0 Å². The zero-order chi connectivity index (χ0) is 22.6. The van der Waals surface area contributed by atoms with Crippen LogP contribution in [0.25, 0.3) is 10.2 Å². The lowest BCUT2D eigenvalue weighted by Crippen LogP contribution is -2.65. The highest BCUT2D eigenvalue weighted by Gasteiger charge is 2.49. The quantitative estimate of drug-likeness (QED) is 0.579. The Morgan fingerprint density at radius 1 is 1.12 bits per heavy atom. The van der Waals surface area contributed by atoms with E-state index in [1.807, 2.05) is 61.1 Å². The van der Waals surface area contributed by atoms with Gasteiger partial charge in [0.15, 0.2) is 0 Å². The first-order valence-corrected chi connectivity index (χ1v) is 12.5. The van der Waals surface area contributed by atoms with Gasteiger partial charge in [0.05, 0.1) is 16.8 Å². The van der Waals surface area contributed by atoms with E-state index in [0.717, 1.165) is 58.6 Å². The Morgan fingerprint density at radius 2 is 1.88 bits per heavy atom. The number of thiophene rings is 1. The van der Waals surface area contributed by atoms with Crippen molar-refractivity contribution in [3.05, 3.63) is 52.5 Å². The van der Waals surface area contributed by atoms with E-state index < -0.39 is 5.54 Å². The Bertz CT molecular complexity index is 1200. The smallest absolute Gasteiger partial charge is 0.275 e. The van der Waals surface area contributed by atoms with Gasteiger partial charge in [-0.3, -0.25) is 14.5 Å². The molecular formula is C26H31N3O2S. The van der Waals surface area contributed by atoms with Crippen molar-refractivity contribution in [3.8, 4) is 0 Å². The summed E-state index contributed by atoms with van der Waals surface area (Å²) in [6.45, 7) is 8.68. The first kappa shape index (κ1) is 21.3. The van der Waals surface area contributed by atoms with Crippen molar-refractivity contribution in [2.75, 3.05) is 4.90 Å². The second-order valence-electron chi connectivity index (χ2n) is 9.92. The molecule has 32 heavy (non-hydrogen) atoms. The molecule has 1 unspecified atom stereocenters. The molecule has 0 saturated heterocycles. The van der Waals surface area contributed by atoms with Crippen LogP contribution in [-0.2, 0) is 11.3 Å². The van der Waals surface area contributed by atoms with Gasteiger partial charge in [0.1, 0.15) is 11.2 Å². The Morgan fingerprint density at radius 3 is 2.62 bits per heavy atom. The molecule has 1 N–H and O–H groups in total. The number of amides is 2. The molecule has 2 aliphatic rings. The summed E-state index contributed by atoms with van der Waals surface area (Å²) in [7, 11) is 0. The summed E-state index contributed by atoms with van der Waals surface area (Å²) in [5.74, 6) is 0.549. The molecule has 1 saturated carbocycles. The van der Waals surface area contributed by atoms with E-state index in [2.05, 4.69) is 12.2 Å². The summed E-state index contributed by atoms with van der Waals surface area (Å²) in [6, 6.07) is 10.3. The van der Waals surface area contributed by atoms with Crippen LogP contribution in [0.3, 0.4) is 0 Å². The van der Waals surface area contributed by atoms with Crippen molar-refractivity contribution in [2.45, 2.75) is 71.5 Å². The van der Waals surface area contributed by atoms with E-state index in [4.69, 9.17) is 0 Å². The minimum absolute atomic E-state index is 0.0611. The summed E-state index contributed by atoms with van der Waals surface area (Å²) in [5.41, 5.74) is 3.56. The molecule has 3 aromatic rings. The van der Waals surface area contributed by atoms with Gasteiger partial charge in [0, 0.05) is 11.7 Å². The van der Waals surface area contributed by atoms with Crippen molar-refractivity contribution >= 4 is 39.1 Å². The Hall–Kier alpha value is -2.60. The predicted molar refractivity (Wildman–Crippen MR) is 131 cm³/mol. The summed E-state index contributed by atoms with van der Waals surface area (Å²) in [5, 5.41) is 5.37. The molecule has 1 aliphatic carbocycles. The Balaban J connectivity index is 1.59. The number of aromatic nitrogens is 1. The molecule has 168 valence electrons. The number of carbonyl (C=O) groups is 2. The maximum Gasteiger partial charge on any atom is 0.275 e. The van der Waals surface area contributed by atoms with Crippen LogP contribution in [0, 0.1) is 19.8 Å². The van der Waals surface area contributed by atoms with Crippen molar-refractivity contribution in [1.82, 2.24) is 9.88 Å². The highest BCUT2D eigenvalue weighted by atomic mass is 32.1. The molecular weight excluding hydrogens is 418 g/mol. The second kappa shape index (κ2) is 7.77. The van der Waals surface area contributed by atoms with Crippen LogP contribution < -0.4 is 10.2 Å². The third-order valence-electron chi connectivity index (χ3n) is 7.35. The van der Waals surface area contributed by atoms with Gasteiger partial charge < -0.3 is 9.88 Å². The number of aryl methyl sites for hydroxylation is 2. The number of anilines is 1. The fourth-order valence-corrected chi connectivity index (χ4v) is 6.12. The van der Waals surface area contributed by atoms with Gasteiger partial charge in [-0.2, -0.15) is 0 Å². The van der Waals surface area contributed by atoms with E-state index in [-0.39, 0.29) is 17.9 Å². The summed E-state index contributed by atoms with van der Waals surface area (Å²) >= 11 is 1.63. The van der Waals surface area contributed by atoms with Crippen LogP contribution >= 0.6 is 11.3 Å². The lowest BCUT2D eigenvalue weighted by molar-refractivity contribution is -0.127. The molecule has 0 bridgehead atoms. The predicted octanol–water partition coefficient (Wildman–Crippen LogP) is 5.43. The Labute approximate surface area is 193 Å². The maximum atomic E-state index is 13.9. The van der Waals surface area contributed by atoms with Crippen LogP contribution in [0.5, 0.6) is 0 Å². The average Bonchev–Trinajstić information content (AvgIpc) is 3.35. The number of carbonyl (C=O) groups excluding carboxylic acids is 2. The lowest BCUT2D eigenvalue weighted by Gasteiger charge is -2.45. The summed E-state index contributed by atoms with van der Waals surface area (Å²) in [6.07, 6.45) is 4.28. The number of hydrogen-bond donors (Lipinski definition) is 1. The van der Waals surface area contributed by atoms with Gasteiger partial charge >= 0.3 is 0 Å². The number of fused-ring (bicyclic) bond motifs is 3. The zero-order valence-electron chi connectivity index (χ0n) is 19.3. The van der Waals surface area contributed by atoms with Crippen molar-refractivity contribution in [1.29, 1.82) is 0 Å². The third-order valence-corrected chi connectivity index (χ3v) is 8.20. The molecule has 5 rings (SSSR count). The van der Waals surface area contributed by atoms with Crippen molar-refractivity contribution in [2.24, 2.45) is 5.92 Å². The second-order valence-corrected chi connectivity index (χ2v) is 10.9. The molecule has 1 aromatic carbocycles. The van der Waals surface area contributed by atoms with Crippen LogP contribution in [0.15, 0.2) is 35.7 Å². The minimum atomic E-state index is -1.01. The molecule has 1 atom stereocenters. The monoisotopic (exact) mass is 449 g/mol. The topological polar surface area (TPSA) is 54.3 Å². The fourth-order valence-electron chi connectivity index (χ4n) is 5.30. The average molecular weight is 450 g/mol. The van der Waals surface area contributed by atoms with Crippen LogP contribution in [0.1, 0.15) is 61.1 Å². The van der Waals surface area contributed by atoms with Crippen LogP contribution in [0.4, 0.5) is 5.69 Å². The normalized spacial score (nSPS) is 25.8. The third kappa shape index (κ3) is 3.36. The van der Waals surface area contributed by atoms with E-state index in [1.165, 1.54) is 0 Å². The maximum absolute atomic E-state index is 13.9. The number of nitrogens with zero attached hydrogens (tertiary/aromatic N) is 2. The summed E-state index contributed by atoms with van der Waals surface area (Å²) in [4.78, 5) is 29.6. The van der Waals surface area contributed by atoms with Crippen molar-refractivity contribution < 1.29 is 9.59 Å². The highest BCUT2D eigenvalue weighted by Crippen LogP contribution is 2.39. The molecule has 2 aromatic heterocycles. The van der Waals surface area contributed by atoms with Gasteiger partial charge in [-0.1, -0.05) is 19.1 Å². The molecule has 5 nitrogen and oxygen atoms in total. The number of rotatable bonds is 3. The molecule has 0 spiro atoms. The van der Waals surface area contributed by atoms with Crippen LogP contribution in [0.2, 0.25) is 0 Å². The first-order chi connectivity index (χ1) is 15.3. The number of benzene rings is 1. The Kier molecular flexibility index (Phi) is 5.16. The van der Waals surface area contributed by atoms with Gasteiger partial charge in [0.2, 0.25) is 5.91 Å². The largest absolute Gasteiger partial charge is 0.351 e. The molecule has 1 aliphatic heterocycles. The van der Waals surface area contributed by atoms with E-state index in [1.54, 1.807) is 16.2 Å². The number of nitrogens with one attached hydrogen (secondary N) is 1. The van der Waals surface area contributed by atoms with Gasteiger partial charge in [-0.25, -0.2) is 0 Å². The highest BCUT2D eigenvalue weighted by molar-refractivity contribution is 7.17. The van der Waals surface area contributed by atoms with Gasteiger partial charge in [0.25, 0.3) is 5.91 Å². The number of hydrogen-bond acceptors (Lipinski definition) is 3. The molecule has 0 radical (unpaired) electrons. The summed E-state index contributed by atoms with van der Waals surface area (Å²) < 4.78 is 3.12. The molecule has 1 fully saturated rings. The zero-order valence-corrected chi connectivity index (χ0v) is 20.1. The SMILES string of the molecule is Cc1ccc(C)c(N2C(=O)c3cc4sccc4n3CC2(C)C(=O)NC2CCC(C)CC2)c1. The molecule has 3 heterocycles. The lowest BCUT2D eigenvalue weighted by atomic mass is 9.86. The van der Waals surface area contributed by atoms with E-state index in [0.29, 0.717) is 12.2 Å². The fraction of sp³-hybridized carbons (Fsp3) is 0.462.